The fraction of sp³-hybridized carbons (Fsp3) is 1.00. The van der Waals surface area contributed by atoms with Crippen molar-refractivity contribution < 1.29 is 10.8 Å². The molecule has 2 rings (SSSR count). The van der Waals surface area contributed by atoms with Gasteiger partial charge in [-0.3, -0.25) is 0 Å². The molecule has 0 amide bonds. The Hall–Kier alpha value is -0.0800. The lowest BCUT2D eigenvalue weighted by Gasteiger charge is -2.07. The lowest BCUT2D eigenvalue weighted by molar-refractivity contribution is -0.0905. The Balaban J connectivity index is 2.19. The highest BCUT2D eigenvalue weighted by Gasteiger charge is 2.38. The molecule has 2 aliphatic rings. The van der Waals surface area contributed by atoms with E-state index in [2.05, 4.69) is 6.92 Å². The quantitative estimate of drug-likeness (QED) is 0.486. The summed E-state index contributed by atoms with van der Waals surface area (Å²) in [6, 6.07) is 0. The Labute approximate surface area is 56.5 Å². The first-order valence-electron chi connectivity index (χ1n) is 4.00. The molecule has 3 atom stereocenters. The molecule has 0 aromatic heterocycles. The molecule has 0 saturated carbocycles. The number of ether oxygens (including phenoxy) is 2. The van der Waals surface area contributed by atoms with Crippen molar-refractivity contribution in [2.75, 3.05) is 13.2 Å². The van der Waals surface area contributed by atoms with Crippen LogP contribution in [0.15, 0.2) is 0 Å². The molecule has 52 valence electrons. The Bertz CT molecular complexity index is 151. The van der Waals surface area contributed by atoms with Crippen LogP contribution in [0.5, 0.6) is 0 Å². The Morgan fingerprint density at radius 2 is 2.44 bits per heavy atom. The summed E-state index contributed by atoms with van der Waals surface area (Å²) in [5.41, 5.74) is 0. The summed E-state index contributed by atoms with van der Waals surface area (Å²) < 4.78 is 18.1. The molecule has 2 fully saturated rings. The summed E-state index contributed by atoms with van der Waals surface area (Å²) in [6.07, 6.45) is 0.0179. The van der Waals surface area contributed by atoms with E-state index < -0.39 is 6.27 Å². The maximum Gasteiger partial charge on any atom is 0.160 e. The first kappa shape index (κ1) is 4.69. The van der Waals surface area contributed by atoms with Gasteiger partial charge in [-0.15, -0.1) is 0 Å². The van der Waals surface area contributed by atoms with Crippen LogP contribution in [-0.4, -0.2) is 19.5 Å². The molecule has 0 spiro atoms. The smallest absolute Gasteiger partial charge is 0.160 e. The van der Waals surface area contributed by atoms with E-state index in [1.54, 1.807) is 0 Å². The van der Waals surface area contributed by atoms with Crippen LogP contribution in [0.2, 0.25) is 0 Å². The van der Waals surface area contributed by atoms with Gasteiger partial charge in [-0.2, -0.15) is 0 Å². The topological polar surface area (TPSA) is 18.5 Å². The monoisotopic (exact) mass is 129 g/mol. The van der Waals surface area contributed by atoms with Crippen molar-refractivity contribution in [3.8, 4) is 0 Å². The van der Waals surface area contributed by atoms with Gasteiger partial charge >= 0.3 is 0 Å². The SMILES string of the molecule is [2H][C@]12OCC[C@H]1[C@@H](C)CO2. The third-order valence-corrected chi connectivity index (χ3v) is 2.15. The molecule has 2 nitrogen and oxygen atoms in total. The fourth-order valence-electron chi connectivity index (χ4n) is 1.51. The van der Waals surface area contributed by atoms with Crippen molar-refractivity contribution in [2.24, 2.45) is 11.8 Å². The van der Waals surface area contributed by atoms with Crippen molar-refractivity contribution >= 4 is 0 Å². The van der Waals surface area contributed by atoms with Crippen molar-refractivity contribution in [1.82, 2.24) is 0 Å². The highest BCUT2D eigenvalue weighted by atomic mass is 16.7. The Kier molecular flexibility index (Phi) is 1.02. The van der Waals surface area contributed by atoms with Gasteiger partial charge in [0.15, 0.2) is 6.27 Å². The van der Waals surface area contributed by atoms with E-state index in [1.807, 2.05) is 0 Å². The first-order chi connectivity index (χ1) is 4.72. The third kappa shape index (κ3) is 0.775. The zero-order valence-corrected chi connectivity index (χ0v) is 5.59. The summed E-state index contributed by atoms with van der Waals surface area (Å²) in [5.74, 6) is 0.812. The molecule has 2 saturated heterocycles. The zero-order chi connectivity index (χ0) is 7.19. The van der Waals surface area contributed by atoms with Crippen molar-refractivity contribution in [3.05, 3.63) is 0 Å². The second-order valence-electron chi connectivity index (χ2n) is 2.85. The van der Waals surface area contributed by atoms with E-state index in [1.165, 1.54) is 0 Å². The summed E-state index contributed by atoms with van der Waals surface area (Å²) in [5, 5.41) is 0. The highest BCUT2D eigenvalue weighted by molar-refractivity contribution is 4.79. The first-order valence-corrected chi connectivity index (χ1v) is 3.50. The number of hydrogen-bond donors (Lipinski definition) is 0. The van der Waals surface area contributed by atoms with Gasteiger partial charge in [-0.05, 0) is 12.3 Å². The molecule has 0 radical (unpaired) electrons. The summed E-state index contributed by atoms with van der Waals surface area (Å²) >= 11 is 0. The molecule has 0 aromatic rings. The van der Waals surface area contributed by atoms with Crippen LogP contribution in [-0.2, 0) is 9.47 Å². The van der Waals surface area contributed by atoms with Crippen LogP contribution >= 0.6 is 0 Å². The summed E-state index contributed by atoms with van der Waals surface area (Å²) in [4.78, 5) is 0. The van der Waals surface area contributed by atoms with Gasteiger partial charge in [-0.1, -0.05) is 6.92 Å². The zero-order valence-electron chi connectivity index (χ0n) is 6.59. The van der Waals surface area contributed by atoms with E-state index in [0.29, 0.717) is 25.0 Å². The molecule has 0 bridgehead atoms. The predicted octanol–water partition coefficient (Wildman–Crippen LogP) is 1.02. The van der Waals surface area contributed by atoms with Crippen molar-refractivity contribution in [2.45, 2.75) is 19.6 Å². The van der Waals surface area contributed by atoms with Crippen LogP contribution < -0.4 is 0 Å². The van der Waals surface area contributed by atoms with Gasteiger partial charge in [0.2, 0.25) is 0 Å². The van der Waals surface area contributed by atoms with Crippen LogP contribution in [0.1, 0.15) is 14.7 Å². The van der Waals surface area contributed by atoms with Crippen LogP contribution in [0.3, 0.4) is 0 Å². The fourth-order valence-corrected chi connectivity index (χ4v) is 1.51. The van der Waals surface area contributed by atoms with Crippen LogP contribution in [0, 0.1) is 11.8 Å². The lowest BCUT2D eigenvalue weighted by Crippen LogP contribution is -2.12. The molecule has 0 aromatic carbocycles. The molecule has 9 heavy (non-hydrogen) atoms. The average Bonchev–Trinajstić information content (AvgIpc) is 2.35. The van der Waals surface area contributed by atoms with E-state index in [0.717, 1.165) is 6.42 Å². The predicted molar refractivity (Wildman–Crippen MR) is 33.0 cm³/mol. The van der Waals surface area contributed by atoms with Gasteiger partial charge in [0, 0.05) is 5.92 Å². The lowest BCUT2D eigenvalue weighted by atomic mass is 9.96. The van der Waals surface area contributed by atoms with E-state index in [4.69, 9.17) is 10.8 Å². The molecule has 0 N–H and O–H groups in total. The maximum atomic E-state index is 7.68. The summed E-state index contributed by atoms with van der Waals surface area (Å²) in [7, 11) is 0. The standard InChI is InChI=1S/C7H12O2/c1-5-4-9-7-6(5)2-3-8-7/h5-7H,2-4H2,1H3/t5-,6-,7+/m0/s1/i7D. The minimum Gasteiger partial charge on any atom is -0.352 e. The van der Waals surface area contributed by atoms with Crippen molar-refractivity contribution in [3.63, 3.8) is 0 Å². The van der Waals surface area contributed by atoms with E-state index >= 15 is 0 Å². The molecule has 2 aliphatic heterocycles. The van der Waals surface area contributed by atoms with E-state index in [-0.39, 0.29) is 0 Å². The Morgan fingerprint density at radius 3 is 3.22 bits per heavy atom. The molecular formula is C7H12O2. The van der Waals surface area contributed by atoms with Gasteiger partial charge < -0.3 is 9.47 Å². The molecule has 2 heterocycles. The van der Waals surface area contributed by atoms with Gasteiger partial charge in [0.25, 0.3) is 0 Å². The van der Waals surface area contributed by atoms with Gasteiger partial charge in [-0.25, -0.2) is 0 Å². The minimum atomic E-state index is -0.973. The molecule has 0 aliphatic carbocycles. The molecular weight excluding hydrogens is 116 g/mol. The largest absolute Gasteiger partial charge is 0.352 e. The maximum absolute atomic E-state index is 7.68. The molecule has 0 unspecified atom stereocenters. The number of fused-ring (bicyclic) bond motifs is 1. The second-order valence-corrected chi connectivity index (χ2v) is 2.85. The minimum absolute atomic E-state index is 0.312. The normalized spacial score (nSPS) is 59.4. The molecule has 2 heteroatoms. The number of rotatable bonds is 0. The van der Waals surface area contributed by atoms with Crippen LogP contribution in [0.4, 0.5) is 0 Å². The average molecular weight is 129 g/mol. The van der Waals surface area contributed by atoms with E-state index in [9.17, 15) is 0 Å². The third-order valence-electron chi connectivity index (χ3n) is 2.15. The number of hydrogen-bond acceptors (Lipinski definition) is 2. The second kappa shape index (κ2) is 1.96. The Morgan fingerprint density at radius 1 is 1.56 bits per heavy atom. The highest BCUT2D eigenvalue weighted by Crippen LogP contribution is 2.34. The van der Waals surface area contributed by atoms with Crippen LogP contribution in [0.25, 0.3) is 0 Å². The van der Waals surface area contributed by atoms with Crippen molar-refractivity contribution in [1.29, 1.82) is 0 Å². The van der Waals surface area contributed by atoms with Gasteiger partial charge in [0.1, 0.15) is 0 Å². The summed E-state index contributed by atoms with van der Waals surface area (Å²) in [6.45, 7) is 3.50. The van der Waals surface area contributed by atoms with Gasteiger partial charge in [0.05, 0.1) is 14.6 Å².